The zero-order valence-electron chi connectivity index (χ0n) is 12.6. The molecule has 1 N–H and O–H groups in total. The van der Waals surface area contributed by atoms with E-state index < -0.39 is 10.2 Å². The summed E-state index contributed by atoms with van der Waals surface area (Å²) in [6, 6.07) is 0. The summed E-state index contributed by atoms with van der Waals surface area (Å²) >= 11 is 0. The summed E-state index contributed by atoms with van der Waals surface area (Å²) in [7, 11) is -3.23. The first kappa shape index (κ1) is 16.2. The highest BCUT2D eigenvalue weighted by Crippen LogP contribution is 2.27. The van der Waals surface area contributed by atoms with Crippen LogP contribution in [0.2, 0.25) is 0 Å². The van der Waals surface area contributed by atoms with E-state index in [1.165, 1.54) is 38.5 Å². The zero-order chi connectivity index (χ0) is 14.3. The van der Waals surface area contributed by atoms with Gasteiger partial charge in [-0.3, -0.25) is 0 Å². The Kier molecular flexibility index (Phi) is 6.78. The lowest BCUT2D eigenvalue weighted by Crippen LogP contribution is -2.41. The second-order valence-corrected chi connectivity index (χ2v) is 8.11. The molecule has 1 saturated heterocycles. The molecule has 2 rings (SSSR count). The first-order valence-electron chi connectivity index (χ1n) is 8.43. The second kappa shape index (κ2) is 8.35. The molecule has 0 amide bonds. The van der Waals surface area contributed by atoms with E-state index in [2.05, 4.69) is 4.72 Å². The molecule has 5 heteroatoms. The monoisotopic (exact) mass is 302 g/mol. The van der Waals surface area contributed by atoms with Gasteiger partial charge in [0.15, 0.2) is 0 Å². The average molecular weight is 302 g/mol. The Morgan fingerprint density at radius 1 is 0.900 bits per heavy atom. The molecule has 118 valence electrons. The molecule has 4 nitrogen and oxygen atoms in total. The van der Waals surface area contributed by atoms with E-state index in [4.69, 9.17) is 0 Å². The van der Waals surface area contributed by atoms with Gasteiger partial charge in [0.2, 0.25) is 0 Å². The number of hydrogen-bond acceptors (Lipinski definition) is 2. The summed E-state index contributed by atoms with van der Waals surface area (Å²) in [5.74, 6) is 0.839. The van der Waals surface area contributed by atoms with Gasteiger partial charge in [0.25, 0.3) is 10.2 Å². The van der Waals surface area contributed by atoms with Gasteiger partial charge in [-0.25, -0.2) is 4.72 Å². The number of rotatable bonds is 6. The topological polar surface area (TPSA) is 49.4 Å². The van der Waals surface area contributed by atoms with E-state index >= 15 is 0 Å². The van der Waals surface area contributed by atoms with Gasteiger partial charge in [0.05, 0.1) is 0 Å². The molecule has 1 saturated carbocycles. The summed E-state index contributed by atoms with van der Waals surface area (Å²) in [5.41, 5.74) is 0. The Morgan fingerprint density at radius 2 is 1.50 bits per heavy atom. The van der Waals surface area contributed by atoms with Crippen LogP contribution in [-0.2, 0) is 10.2 Å². The van der Waals surface area contributed by atoms with Gasteiger partial charge >= 0.3 is 0 Å². The predicted octanol–water partition coefficient (Wildman–Crippen LogP) is 3.06. The third kappa shape index (κ3) is 5.34. The summed E-state index contributed by atoms with van der Waals surface area (Å²) in [5, 5.41) is 0. The lowest BCUT2D eigenvalue weighted by atomic mass is 9.86. The Labute approximate surface area is 124 Å². The van der Waals surface area contributed by atoms with Crippen LogP contribution in [0.3, 0.4) is 0 Å². The highest BCUT2D eigenvalue weighted by molar-refractivity contribution is 7.87. The first-order chi connectivity index (χ1) is 9.68. The van der Waals surface area contributed by atoms with E-state index in [0.29, 0.717) is 19.6 Å². The molecule has 1 aliphatic carbocycles. The molecule has 0 aromatic heterocycles. The Balaban J connectivity index is 1.66. The molecule has 0 atom stereocenters. The molecule has 0 unspecified atom stereocenters. The van der Waals surface area contributed by atoms with Gasteiger partial charge in [0.1, 0.15) is 0 Å². The van der Waals surface area contributed by atoms with Crippen LogP contribution >= 0.6 is 0 Å². The minimum Gasteiger partial charge on any atom is -0.202 e. The summed E-state index contributed by atoms with van der Waals surface area (Å²) in [6.07, 6.45) is 13.3. The van der Waals surface area contributed by atoms with Crippen LogP contribution in [0.4, 0.5) is 0 Å². The molecule has 0 aromatic rings. The van der Waals surface area contributed by atoms with Gasteiger partial charge in [0, 0.05) is 19.6 Å². The minimum absolute atomic E-state index is 0.606. The van der Waals surface area contributed by atoms with Crippen molar-refractivity contribution in [2.45, 2.75) is 70.6 Å². The lowest BCUT2D eigenvalue weighted by molar-refractivity contribution is 0.332. The van der Waals surface area contributed by atoms with Gasteiger partial charge in [-0.1, -0.05) is 44.9 Å². The smallest absolute Gasteiger partial charge is 0.202 e. The van der Waals surface area contributed by atoms with E-state index in [-0.39, 0.29) is 0 Å². The van der Waals surface area contributed by atoms with Crippen molar-refractivity contribution in [3.63, 3.8) is 0 Å². The van der Waals surface area contributed by atoms with Crippen LogP contribution in [0.5, 0.6) is 0 Å². The molecule has 1 heterocycles. The van der Waals surface area contributed by atoms with Crippen molar-refractivity contribution in [3.05, 3.63) is 0 Å². The van der Waals surface area contributed by atoms with Crippen LogP contribution < -0.4 is 4.72 Å². The minimum atomic E-state index is -3.23. The quantitative estimate of drug-likeness (QED) is 0.767. The van der Waals surface area contributed by atoms with Crippen molar-refractivity contribution in [2.24, 2.45) is 5.92 Å². The fourth-order valence-corrected chi connectivity index (χ4v) is 4.76. The van der Waals surface area contributed by atoms with Crippen molar-refractivity contribution < 1.29 is 8.42 Å². The molecular weight excluding hydrogens is 272 g/mol. The standard InChI is InChI=1S/C15H30N2O2S/c18-20(19,17-13-6-1-2-7-14-17)16-12-8-11-15-9-4-3-5-10-15/h15-16H,1-14H2. The third-order valence-electron chi connectivity index (χ3n) is 4.70. The van der Waals surface area contributed by atoms with Crippen molar-refractivity contribution in [1.29, 1.82) is 0 Å². The predicted molar refractivity (Wildman–Crippen MR) is 82.8 cm³/mol. The molecule has 0 bridgehead atoms. The number of nitrogens with one attached hydrogen (secondary N) is 1. The van der Waals surface area contributed by atoms with Crippen molar-refractivity contribution >= 4 is 10.2 Å². The maximum Gasteiger partial charge on any atom is 0.279 e. The van der Waals surface area contributed by atoms with Crippen molar-refractivity contribution in [2.75, 3.05) is 19.6 Å². The molecule has 0 aromatic carbocycles. The molecule has 2 fully saturated rings. The Hall–Kier alpha value is -0.130. The van der Waals surface area contributed by atoms with Crippen LogP contribution in [-0.4, -0.2) is 32.4 Å². The fraction of sp³-hybridized carbons (Fsp3) is 1.00. The highest BCUT2D eigenvalue weighted by Gasteiger charge is 2.22. The second-order valence-electron chi connectivity index (χ2n) is 6.36. The number of nitrogens with zero attached hydrogens (tertiary/aromatic N) is 1. The van der Waals surface area contributed by atoms with Gasteiger partial charge in [-0.05, 0) is 31.6 Å². The highest BCUT2D eigenvalue weighted by atomic mass is 32.2. The Bertz CT molecular complexity index is 356. The number of hydrogen-bond donors (Lipinski definition) is 1. The third-order valence-corrected chi connectivity index (χ3v) is 6.32. The Morgan fingerprint density at radius 3 is 2.15 bits per heavy atom. The first-order valence-corrected chi connectivity index (χ1v) is 9.87. The van der Waals surface area contributed by atoms with E-state index in [9.17, 15) is 8.42 Å². The SMILES string of the molecule is O=S(=O)(NCCCC1CCCCC1)N1CCCCCC1. The molecule has 0 spiro atoms. The van der Waals surface area contributed by atoms with Crippen LogP contribution in [0.1, 0.15) is 70.6 Å². The van der Waals surface area contributed by atoms with Crippen LogP contribution in [0, 0.1) is 5.92 Å². The summed E-state index contributed by atoms with van der Waals surface area (Å²) in [4.78, 5) is 0. The zero-order valence-corrected chi connectivity index (χ0v) is 13.5. The molecule has 0 radical (unpaired) electrons. The van der Waals surface area contributed by atoms with Gasteiger partial charge in [-0.15, -0.1) is 0 Å². The molecular formula is C15H30N2O2S. The van der Waals surface area contributed by atoms with Gasteiger partial charge in [-0.2, -0.15) is 12.7 Å². The fourth-order valence-electron chi connectivity index (χ4n) is 3.44. The van der Waals surface area contributed by atoms with Crippen LogP contribution in [0.15, 0.2) is 0 Å². The van der Waals surface area contributed by atoms with Crippen molar-refractivity contribution in [1.82, 2.24) is 9.03 Å². The van der Waals surface area contributed by atoms with Gasteiger partial charge < -0.3 is 0 Å². The maximum atomic E-state index is 12.2. The normalized spacial score (nSPS) is 23.6. The molecule has 1 aliphatic heterocycles. The maximum absolute atomic E-state index is 12.2. The summed E-state index contributed by atoms with van der Waals surface area (Å²) < 4.78 is 28.8. The van der Waals surface area contributed by atoms with Crippen molar-refractivity contribution in [3.8, 4) is 0 Å². The lowest BCUT2D eigenvalue weighted by Gasteiger charge is -2.22. The average Bonchev–Trinajstić information content (AvgIpc) is 2.74. The largest absolute Gasteiger partial charge is 0.279 e. The van der Waals surface area contributed by atoms with E-state index in [1.807, 2.05) is 0 Å². The van der Waals surface area contributed by atoms with E-state index in [1.54, 1.807) is 4.31 Å². The van der Waals surface area contributed by atoms with Crippen LogP contribution in [0.25, 0.3) is 0 Å². The molecule has 20 heavy (non-hydrogen) atoms. The summed E-state index contributed by atoms with van der Waals surface area (Å²) in [6.45, 7) is 1.99. The molecule has 2 aliphatic rings. The van der Waals surface area contributed by atoms with E-state index in [0.717, 1.165) is 38.0 Å².